The molecule has 0 aliphatic carbocycles. The summed E-state index contributed by atoms with van der Waals surface area (Å²) in [5.41, 5.74) is 8.00. The fourth-order valence-corrected chi connectivity index (χ4v) is 5.56. The molecule has 1 aromatic heterocycles. The van der Waals surface area contributed by atoms with Crippen LogP contribution in [0.15, 0.2) is 24.5 Å². The van der Waals surface area contributed by atoms with Crippen molar-refractivity contribution < 1.29 is 0 Å². The van der Waals surface area contributed by atoms with Crippen LogP contribution < -0.4 is 10.1 Å². The predicted molar refractivity (Wildman–Crippen MR) is 81.2 cm³/mol. The molecule has 0 aliphatic heterocycles. The van der Waals surface area contributed by atoms with Gasteiger partial charge in [-0.2, -0.15) is 0 Å². The fourth-order valence-electron chi connectivity index (χ4n) is 1.91. The normalized spacial score (nSPS) is 10.9. The molecule has 1 aromatic carbocycles. The molecule has 1 heterocycles. The molecule has 0 radical (unpaired) electrons. The molecule has 19 heavy (non-hydrogen) atoms. The molecule has 0 saturated heterocycles. The Hall–Kier alpha value is -1.05. The minimum absolute atomic E-state index is 0. The summed E-state index contributed by atoms with van der Waals surface area (Å²) in [6, 6.07) is 6.21. The van der Waals surface area contributed by atoms with Gasteiger partial charge in [-0.25, -0.2) is 0 Å². The summed E-state index contributed by atoms with van der Waals surface area (Å²) in [4.78, 5) is 0. The van der Waals surface area contributed by atoms with Crippen LogP contribution in [0.1, 0.15) is 5.56 Å². The van der Waals surface area contributed by atoms with Gasteiger partial charge < -0.3 is 0 Å². The van der Waals surface area contributed by atoms with Gasteiger partial charge >= 0.3 is 109 Å². The topological polar surface area (TPSA) is 77.6 Å². The number of rotatable bonds is 3. The van der Waals surface area contributed by atoms with Crippen molar-refractivity contribution in [1.82, 2.24) is 20.4 Å². The zero-order valence-corrected chi connectivity index (χ0v) is 14.2. The van der Waals surface area contributed by atoms with Crippen LogP contribution in [0, 0.1) is 0 Å². The Kier molecular flexibility index (Phi) is 5.40. The average Bonchev–Trinajstić information content (AvgIpc) is 2.38. The van der Waals surface area contributed by atoms with E-state index >= 15 is 0 Å². The number of halogens is 1. The first-order chi connectivity index (χ1) is 8.52. The van der Waals surface area contributed by atoms with Crippen molar-refractivity contribution in [2.75, 3.05) is 0 Å². The van der Waals surface area contributed by atoms with Crippen LogP contribution in [0.4, 0.5) is 0 Å². The van der Waals surface area contributed by atoms with E-state index in [0.717, 1.165) is 5.56 Å². The third-order valence-corrected chi connectivity index (χ3v) is 7.17. The summed E-state index contributed by atoms with van der Waals surface area (Å²) in [5, 5.41) is 15.5. The first kappa shape index (κ1) is 16.0. The zero-order valence-electron chi connectivity index (χ0n) is 11.3. The monoisotopic (exact) mass is 341 g/mol. The van der Waals surface area contributed by atoms with Crippen LogP contribution in [0.5, 0.6) is 0 Å². The Balaban J connectivity index is 0.00000180. The van der Waals surface area contributed by atoms with Crippen molar-refractivity contribution in [3.05, 3.63) is 30.1 Å². The van der Waals surface area contributed by atoms with Crippen LogP contribution in [0.3, 0.4) is 0 Å². The SMILES string of the molecule is Cl.[CH3][Ge]([CH3])([CH3])[c]1cc(-c2nncnn2)ccc1CN. The van der Waals surface area contributed by atoms with Crippen molar-refractivity contribution in [2.24, 2.45) is 5.73 Å². The molecule has 5 nitrogen and oxygen atoms in total. The van der Waals surface area contributed by atoms with Crippen LogP contribution in [0.2, 0.25) is 17.3 Å². The van der Waals surface area contributed by atoms with Gasteiger partial charge in [-0.1, -0.05) is 0 Å². The molecule has 2 N–H and O–H groups in total. The predicted octanol–water partition coefficient (Wildman–Crippen LogP) is 1.36. The van der Waals surface area contributed by atoms with Gasteiger partial charge in [0.25, 0.3) is 0 Å². The maximum absolute atomic E-state index is 5.81. The summed E-state index contributed by atoms with van der Waals surface area (Å²) in [6.45, 7) is 0.574. The quantitative estimate of drug-likeness (QED) is 0.854. The molecule has 0 unspecified atom stereocenters. The van der Waals surface area contributed by atoms with Crippen LogP contribution >= 0.6 is 12.4 Å². The van der Waals surface area contributed by atoms with Gasteiger partial charge in [-0.3, -0.25) is 0 Å². The van der Waals surface area contributed by atoms with Crippen LogP contribution in [-0.4, -0.2) is 33.7 Å². The van der Waals surface area contributed by atoms with E-state index in [1.807, 2.05) is 6.07 Å². The standard InChI is InChI=1S/C12H17GeN5.ClH/c1-13(2,3)11-6-9(4-5-10(11)7-14)12-17-15-8-16-18-12;/h4-6,8H,7,14H2,1-3H3;1H. The average molecular weight is 340 g/mol. The molecule has 2 aromatic rings. The van der Waals surface area contributed by atoms with Crippen molar-refractivity contribution >= 4 is 30.1 Å². The molecule has 0 atom stereocenters. The Bertz CT molecular complexity index is 542. The van der Waals surface area contributed by atoms with Gasteiger partial charge in [0, 0.05) is 0 Å². The number of nitrogens with two attached hydrogens (primary N) is 1. The van der Waals surface area contributed by atoms with Crippen LogP contribution in [-0.2, 0) is 6.54 Å². The molecule has 0 saturated carbocycles. The van der Waals surface area contributed by atoms with Crippen molar-refractivity contribution in [1.29, 1.82) is 0 Å². The molecule has 0 fully saturated rings. The number of nitrogens with zero attached hydrogens (tertiary/aromatic N) is 4. The molecule has 2 rings (SSSR count). The Morgan fingerprint density at radius 2 is 1.74 bits per heavy atom. The Morgan fingerprint density at radius 1 is 1.11 bits per heavy atom. The first-order valence-electron chi connectivity index (χ1n) is 5.86. The first-order valence-corrected chi connectivity index (χ1v) is 13.2. The number of aromatic nitrogens is 4. The molecule has 0 bridgehead atoms. The number of hydrogen-bond acceptors (Lipinski definition) is 5. The zero-order chi connectivity index (χ0) is 13.2. The van der Waals surface area contributed by atoms with Crippen molar-refractivity contribution in [3.63, 3.8) is 0 Å². The van der Waals surface area contributed by atoms with Gasteiger partial charge in [-0.15, -0.1) is 12.4 Å². The van der Waals surface area contributed by atoms with E-state index in [4.69, 9.17) is 5.73 Å². The second-order valence-electron chi connectivity index (χ2n) is 5.20. The third-order valence-electron chi connectivity index (χ3n) is 2.80. The summed E-state index contributed by atoms with van der Waals surface area (Å²) in [5.74, 6) is 7.61. The molecule has 7 heteroatoms. The number of hydrogen-bond donors (Lipinski definition) is 1. The molecule has 0 amide bonds. The van der Waals surface area contributed by atoms with E-state index in [-0.39, 0.29) is 12.4 Å². The van der Waals surface area contributed by atoms with E-state index in [0.29, 0.717) is 12.4 Å². The Morgan fingerprint density at radius 3 is 2.26 bits per heavy atom. The summed E-state index contributed by atoms with van der Waals surface area (Å²) < 4.78 is 1.39. The molecular formula is C12H18ClGeN5. The Labute approximate surface area is 121 Å². The second kappa shape index (κ2) is 6.41. The second-order valence-corrected chi connectivity index (χ2v) is 15.8. The fraction of sp³-hybridized carbons (Fsp3) is 0.333. The van der Waals surface area contributed by atoms with E-state index in [1.54, 1.807) is 0 Å². The van der Waals surface area contributed by atoms with Gasteiger partial charge in [0.15, 0.2) is 0 Å². The summed E-state index contributed by atoms with van der Waals surface area (Å²) >= 11 is -1.95. The van der Waals surface area contributed by atoms with Crippen LogP contribution in [0.25, 0.3) is 11.4 Å². The molecular weight excluding hydrogens is 322 g/mol. The van der Waals surface area contributed by atoms with Gasteiger partial charge in [-0.05, 0) is 0 Å². The molecule has 102 valence electrons. The van der Waals surface area contributed by atoms with Gasteiger partial charge in [0.2, 0.25) is 0 Å². The van der Waals surface area contributed by atoms with Gasteiger partial charge in [0.1, 0.15) is 0 Å². The minimum atomic E-state index is -1.95. The molecule has 0 aliphatic rings. The molecule has 0 spiro atoms. The van der Waals surface area contributed by atoms with E-state index in [2.05, 4.69) is 49.8 Å². The van der Waals surface area contributed by atoms with Crippen molar-refractivity contribution in [3.8, 4) is 11.4 Å². The maximum atomic E-state index is 5.81. The van der Waals surface area contributed by atoms with E-state index < -0.39 is 13.3 Å². The third kappa shape index (κ3) is 3.71. The summed E-state index contributed by atoms with van der Waals surface area (Å²) in [6.07, 6.45) is 1.33. The number of benzene rings is 1. The summed E-state index contributed by atoms with van der Waals surface area (Å²) in [7, 11) is 0. The van der Waals surface area contributed by atoms with E-state index in [9.17, 15) is 0 Å². The van der Waals surface area contributed by atoms with Gasteiger partial charge in [0.05, 0.1) is 0 Å². The van der Waals surface area contributed by atoms with E-state index in [1.165, 1.54) is 16.3 Å². The van der Waals surface area contributed by atoms with Crippen molar-refractivity contribution in [2.45, 2.75) is 23.8 Å².